The smallest absolute Gasteiger partial charge is 0.306 e. The number of furan rings is 1. The van der Waals surface area contributed by atoms with E-state index < -0.39 is 17.9 Å². The van der Waals surface area contributed by atoms with Crippen LogP contribution in [0.25, 0.3) is 0 Å². The molecule has 0 aliphatic heterocycles. The molecule has 2 atom stereocenters. The van der Waals surface area contributed by atoms with Crippen LogP contribution in [0.4, 0.5) is 0 Å². The Morgan fingerprint density at radius 1 is 1.10 bits per heavy atom. The Bertz CT molecular complexity index is 863. The molecular weight excluding hydrogens is 398 g/mol. The van der Waals surface area contributed by atoms with Gasteiger partial charge in [0, 0.05) is 17.5 Å². The second-order valence-electron chi connectivity index (χ2n) is 7.81. The molecule has 0 radical (unpaired) electrons. The van der Waals surface area contributed by atoms with Crippen molar-refractivity contribution in [1.29, 1.82) is 0 Å². The van der Waals surface area contributed by atoms with Gasteiger partial charge in [-0.3, -0.25) is 9.59 Å². The van der Waals surface area contributed by atoms with Crippen molar-refractivity contribution in [3.8, 4) is 11.5 Å². The van der Waals surface area contributed by atoms with Gasteiger partial charge in [0.15, 0.2) is 5.78 Å². The molecule has 2 unspecified atom stereocenters. The van der Waals surface area contributed by atoms with Gasteiger partial charge in [0.05, 0.1) is 26.2 Å². The summed E-state index contributed by atoms with van der Waals surface area (Å²) in [6.07, 6.45) is 2.38. The van der Waals surface area contributed by atoms with Gasteiger partial charge in [0.25, 0.3) is 0 Å². The number of methoxy groups -OCH3 is 2. The zero-order valence-electron chi connectivity index (χ0n) is 19.0. The number of aryl methyl sites for hydroxylation is 2. The van der Waals surface area contributed by atoms with Crippen LogP contribution in [0.1, 0.15) is 53.6 Å². The molecule has 2 aromatic rings. The maximum atomic E-state index is 13.4. The fraction of sp³-hybridized carbons (Fsp3) is 0.500. The minimum atomic E-state index is -0.806. The Kier molecular flexibility index (Phi) is 9.12. The van der Waals surface area contributed by atoms with Crippen LogP contribution in [0.15, 0.2) is 28.7 Å². The van der Waals surface area contributed by atoms with Crippen molar-refractivity contribution >= 4 is 11.8 Å². The van der Waals surface area contributed by atoms with Crippen LogP contribution in [-0.2, 0) is 11.2 Å². The third-order valence-electron chi connectivity index (χ3n) is 5.45. The number of hydrogen-bond acceptors (Lipinski definition) is 6. The van der Waals surface area contributed by atoms with Crippen LogP contribution in [0, 0.1) is 19.8 Å². The summed E-state index contributed by atoms with van der Waals surface area (Å²) in [5, 5.41) is 12.4. The van der Waals surface area contributed by atoms with Gasteiger partial charge in [-0.15, -0.1) is 0 Å². The third kappa shape index (κ3) is 6.85. The average molecular weight is 432 g/mol. The molecule has 0 spiro atoms. The zero-order chi connectivity index (χ0) is 23.0. The molecule has 2 N–H and O–H groups in total. The van der Waals surface area contributed by atoms with Gasteiger partial charge in [0.1, 0.15) is 23.0 Å². The fourth-order valence-corrected chi connectivity index (χ4v) is 3.47. The Balaban J connectivity index is 2.15. The first kappa shape index (κ1) is 24.5. The Morgan fingerprint density at radius 2 is 1.74 bits per heavy atom. The Labute approximate surface area is 183 Å². The lowest BCUT2D eigenvalue weighted by atomic mass is 9.97. The van der Waals surface area contributed by atoms with Gasteiger partial charge in [-0.05, 0) is 63.9 Å². The minimum absolute atomic E-state index is 0.0637. The summed E-state index contributed by atoms with van der Waals surface area (Å²) in [5.41, 5.74) is 1.34. The minimum Gasteiger partial charge on any atom is -0.496 e. The highest BCUT2D eigenvalue weighted by molar-refractivity contribution is 6.01. The van der Waals surface area contributed by atoms with Crippen molar-refractivity contribution in [1.82, 2.24) is 5.32 Å². The molecule has 0 bridgehead atoms. The first-order valence-electron chi connectivity index (χ1n) is 10.5. The van der Waals surface area contributed by atoms with Crippen molar-refractivity contribution in [2.75, 3.05) is 20.8 Å². The zero-order valence-corrected chi connectivity index (χ0v) is 19.0. The highest BCUT2D eigenvalue weighted by Gasteiger charge is 2.23. The summed E-state index contributed by atoms with van der Waals surface area (Å²) in [5.74, 6) is 1.58. The molecule has 170 valence electrons. The van der Waals surface area contributed by atoms with Crippen LogP contribution in [0.5, 0.6) is 11.5 Å². The van der Waals surface area contributed by atoms with Gasteiger partial charge in [-0.2, -0.15) is 0 Å². The molecule has 1 heterocycles. The van der Waals surface area contributed by atoms with Gasteiger partial charge < -0.3 is 24.3 Å². The number of rotatable bonds is 13. The fourth-order valence-electron chi connectivity index (χ4n) is 3.47. The molecule has 0 aliphatic carbocycles. The lowest BCUT2D eigenvalue weighted by Gasteiger charge is -2.19. The second-order valence-corrected chi connectivity index (χ2v) is 7.81. The van der Waals surface area contributed by atoms with E-state index in [0.717, 1.165) is 17.1 Å². The average Bonchev–Trinajstić information content (AvgIpc) is 3.17. The van der Waals surface area contributed by atoms with E-state index in [1.54, 1.807) is 33.3 Å². The molecule has 0 amide bonds. The van der Waals surface area contributed by atoms with Gasteiger partial charge in [-0.25, -0.2) is 0 Å². The van der Waals surface area contributed by atoms with Crippen LogP contribution in [0.3, 0.4) is 0 Å². The first-order chi connectivity index (χ1) is 14.8. The number of ether oxygens (including phenoxy) is 2. The standard InChI is InChI=1S/C24H33NO6/c1-15(24(27)28)7-6-12-25-20(11-10-19-9-8-16(2)31-19)23(26)18-13-21(29-4)17(3)22(14-18)30-5/h8-9,13-15,20,25H,6-7,10-12H2,1-5H3,(H,27,28). The highest BCUT2D eigenvalue weighted by Crippen LogP contribution is 2.30. The van der Waals surface area contributed by atoms with Crippen LogP contribution < -0.4 is 14.8 Å². The monoisotopic (exact) mass is 431 g/mol. The maximum absolute atomic E-state index is 13.4. The summed E-state index contributed by atoms with van der Waals surface area (Å²) >= 11 is 0. The van der Waals surface area contributed by atoms with E-state index in [0.29, 0.717) is 49.3 Å². The normalized spacial score (nSPS) is 12.9. The SMILES string of the molecule is COc1cc(C(=O)C(CCc2ccc(C)o2)NCCCC(C)C(=O)O)cc(OC)c1C. The summed E-state index contributed by atoms with van der Waals surface area (Å²) in [6.45, 7) is 6.00. The van der Waals surface area contributed by atoms with Crippen LogP contribution in [0.2, 0.25) is 0 Å². The van der Waals surface area contributed by atoms with Gasteiger partial charge in [-0.1, -0.05) is 6.92 Å². The van der Waals surface area contributed by atoms with E-state index in [1.165, 1.54) is 0 Å². The second kappa shape index (κ2) is 11.6. The molecular formula is C24H33NO6. The van der Waals surface area contributed by atoms with Gasteiger partial charge in [0.2, 0.25) is 0 Å². The molecule has 0 fully saturated rings. The predicted octanol–water partition coefficient (Wildman–Crippen LogP) is 4.19. The number of Topliss-reactive ketones (excluding diaryl/α,β-unsaturated/α-hetero) is 1. The van der Waals surface area contributed by atoms with Crippen LogP contribution in [-0.4, -0.2) is 43.7 Å². The van der Waals surface area contributed by atoms with Crippen molar-refractivity contribution in [3.63, 3.8) is 0 Å². The number of ketones is 1. The van der Waals surface area contributed by atoms with Crippen molar-refractivity contribution in [3.05, 3.63) is 46.9 Å². The summed E-state index contributed by atoms with van der Waals surface area (Å²) in [6, 6.07) is 6.85. The molecule has 7 nitrogen and oxygen atoms in total. The first-order valence-corrected chi connectivity index (χ1v) is 10.5. The highest BCUT2D eigenvalue weighted by atomic mass is 16.5. The third-order valence-corrected chi connectivity index (χ3v) is 5.45. The van der Waals surface area contributed by atoms with E-state index in [9.17, 15) is 9.59 Å². The molecule has 0 saturated heterocycles. The molecule has 0 saturated carbocycles. The van der Waals surface area contributed by atoms with E-state index in [4.69, 9.17) is 19.0 Å². The number of nitrogens with one attached hydrogen (secondary N) is 1. The van der Waals surface area contributed by atoms with Crippen LogP contribution >= 0.6 is 0 Å². The lowest BCUT2D eigenvalue weighted by Crippen LogP contribution is -2.38. The number of benzene rings is 1. The predicted molar refractivity (Wildman–Crippen MR) is 118 cm³/mol. The number of carbonyl (C=O) groups excluding carboxylic acids is 1. The van der Waals surface area contributed by atoms with Gasteiger partial charge >= 0.3 is 5.97 Å². The number of hydrogen-bond donors (Lipinski definition) is 2. The molecule has 31 heavy (non-hydrogen) atoms. The molecule has 1 aromatic carbocycles. The summed E-state index contributed by atoms with van der Waals surface area (Å²) < 4.78 is 16.5. The lowest BCUT2D eigenvalue weighted by molar-refractivity contribution is -0.141. The number of carboxylic acid groups (broad SMARTS) is 1. The van der Waals surface area contributed by atoms with E-state index in [1.807, 2.05) is 26.0 Å². The molecule has 0 aliphatic rings. The van der Waals surface area contributed by atoms with Crippen molar-refractivity contribution in [2.24, 2.45) is 5.92 Å². The summed E-state index contributed by atoms with van der Waals surface area (Å²) in [4.78, 5) is 24.4. The molecule has 2 rings (SSSR count). The number of aliphatic carboxylic acids is 1. The quantitative estimate of drug-likeness (QED) is 0.362. The summed E-state index contributed by atoms with van der Waals surface area (Å²) in [7, 11) is 3.13. The van der Waals surface area contributed by atoms with E-state index in [-0.39, 0.29) is 5.78 Å². The largest absolute Gasteiger partial charge is 0.496 e. The van der Waals surface area contributed by atoms with Crippen molar-refractivity contribution < 1.29 is 28.6 Å². The van der Waals surface area contributed by atoms with Crippen molar-refractivity contribution in [2.45, 2.75) is 52.5 Å². The maximum Gasteiger partial charge on any atom is 0.306 e. The number of carbonyl (C=O) groups is 2. The number of carboxylic acids is 1. The van der Waals surface area contributed by atoms with E-state index >= 15 is 0 Å². The topological polar surface area (TPSA) is 98.0 Å². The Hall–Kier alpha value is -2.80. The molecule has 1 aromatic heterocycles. The Morgan fingerprint density at radius 3 is 2.26 bits per heavy atom. The molecule has 7 heteroatoms. The van der Waals surface area contributed by atoms with E-state index in [2.05, 4.69) is 5.32 Å².